The monoisotopic (exact) mass is 470 g/mol. The number of rotatable bonds is 6. The number of piperidine rings is 1. The Morgan fingerprint density at radius 2 is 1.91 bits per heavy atom. The summed E-state index contributed by atoms with van der Waals surface area (Å²) in [6.45, 7) is 3.84. The van der Waals surface area contributed by atoms with E-state index in [1.165, 1.54) is 5.56 Å². The van der Waals surface area contributed by atoms with E-state index >= 15 is 0 Å². The van der Waals surface area contributed by atoms with Gasteiger partial charge in [0.25, 0.3) is 0 Å². The fourth-order valence-electron chi connectivity index (χ4n) is 4.23. The third-order valence-electron chi connectivity index (χ3n) is 5.97. The van der Waals surface area contributed by atoms with E-state index in [0.717, 1.165) is 63.4 Å². The third kappa shape index (κ3) is 6.74. The Bertz CT molecular complexity index is 1000. The lowest BCUT2D eigenvalue weighted by atomic mass is 10.0. The molecule has 0 spiro atoms. The molecule has 1 unspecified atom stereocenters. The number of ether oxygens (including phenoxy) is 1. The van der Waals surface area contributed by atoms with Gasteiger partial charge in [0.05, 0.1) is 7.11 Å². The van der Waals surface area contributed by atoms with Gasteiger partial charge in [-0.15, -0.1) is 0 Å². The highest BCUT2D eigenvalue weighted by molar-refractivity contribution is 6.27. The minimum atomic E-state index is -1.82. The van der Waals surface area contributed by atoms with Crippen molar-refractivity contribution >= 4 is 23.7 Å². The molecular formula is C24H30N4O6. The Morgan fingerprint density at radius 1 is 1.12 bits per heavy atom. The first-order valence-corrected chi connectivity index (χ1v) is 11.3. The Labute approximate surface area is 198 Å². The van der Waals surface area contributed by atoms with Gasteiger partial charge in [0.2, 0.25) is 11.8 Å². The number of carbonyl (C=O) groups excluding carboxylic acids is 1. The summed E-state index contributed by atoms with van der Waals surface area (Å²) in [6.07, 6.45) is 6.50. The van der Waals surface area contributed by atoms with Crippen molar-refractivity contribution in [3.63, 3.8) is 0 Å². The van der Waals surface area contributed by atoms with Gasteiger partial charge in [0, 0.05) is 49.9 Å². The topological polar surface area (TPSA) is 133 Å². The molecule has 2 fully saturated rings. The number of aromatic nitrogens is 2. The van der Waals surface area contributed by atoms with Gasteiger partial charge in [0.15, 0.2) is 0 Å². The molecule has 10 heteroatoms. The van der Waals surface area contributed by atoms with Crippen LogP contribution in [-0.4, -0.2) is 76.2 Å². The number of carbonyl (C=O) groups is 3. The Kier molecular flexibility index (Phi) is 8.92. The van der Waals surface area contributed by atoms with Crippen molar-refractivity contribution in [2.24, 2.45) is 0 Å². The lowest BCUT2D eigenvalue weighted by Crippen LogP contribution is -2.36. The summed E-state index contributed by atoms with van der Waals surface area (Å²) in [4.78, 5) is 44.0. The van der Waals surface area contributed by atoms with Gasteiger partial charge in [-0.25, -0.2) is 19.6 Å². The maximum absolute atomic E-state index is 12.3. The maximum atomic E-state index is 12.3. The van der Waals surface area contributed by atoms with Crippen LogP contribution in [0.1, 0.15) is 42.9 Å². The van der Waals surface area contributed by atoms with Crippen molar-refractivity contribution in [2.75, 3.05) is 38.2 Å². The molecule has 1 atom stereocenters. The average Bonchev–Trinajstić information content (AvgIpc) is 3.33. The molecule has 10 nitrogen and oxygen atoms in total. The summed E-state index contributed by atoms with van der Waals surface area (Å²) < 4.78 is 5.26. The van der Waals surface area contributed by atoms with Crippen molar-refractivity contribution in [1.82, 2.24) is 14.9 Å². The van der Waals surface area contributed by atoms with Gasteiger partial charge < -0.3 is 19.8 Å². The molecule has 2 aromatic rings. The third-order valence-corrected chi connectivity index (χ3v) is 5.97. The van der Waals surface area contributed by atoms with Crippen LogP contribution in [-0.2, 0) is 20.8 Å². The predicted octanol–water partition coefficient (Wildman–Crippen LogP) is 2.19. The summed E-state index contributed by atoms with van der Waals surface area (Å²) in [5.41, 5.74) is 2.28. The molecule has 0 radical (unpaired) electrons. The van der Waals surface area contributed by atoms with Crippen LogP contribution in [0, 0.1) is 0 Å². The standard InChI is InChI=1S/C22H28N4O2.C2H2O4/c1-28-20-8-4-7-19(24-20)18-11-15-25(16-18)14-10-17-6-5-12-23-22(17)26-13-3-2-9-21(26)27;3-1(4)2(5)6/h4-8,12,18H,2-3,9-11,13-16H2,1H3;(H,3,4)(H,5,6). The molecule has 182 valence electrons. The molecule has 2 saturated heterocycles. The number of carboxylic acid groups (broad SMARTS) is 2. The molecule has 2 aliphatic rings. The fourth-order valence-corrected chi connectivity index (χ4v) is 4.23. The maximum Gasteiger partial charge on any atom is 0.414 e. The molecule has 0 saturated carbocycles. The Balaban J connectivity index is 0.000000481. The number of aliphatic carboxylic acids is 2. The quantitative estimate of drug-likeness (QED) is 0.609. The van der Waals surface area contributed by atoms with Gasteiger partial charge in [-0.1, -0.05) is 12.1 Å². The SMILES string of the molecule is COc1cccc(C2CCN(CCc3cccnc3N3CCCCC3=O)C2)n1.O=C(O)C(=O)O. The van der Waals surface area contributed by atoms with Crippen molar-refractivity contribution in [1.29, 1.82) is 0 Å². The molecule has 0 aromatic carbocycles. The van der Waals surface area contributed by atoms with Crippen molar-refractivity contribution in [3.05, 3.63) is 47.8 Å². The number of nitrogens with zero attached hydrogens (tertiary/aromatic N) is 4. The minimum Gasteiger partial charge on any atom is -0.481 e. The van der Waals surface area contributed by atoms with Crippen LogP contribution in [0.25, 0.3) is 0 Å². The lowest BCUT2D eigenvalue weighted by Gasteiger charge is -2.28. The molecule has 2 aliphatic heterocycles. The number of carboxylic acids is 2. The second-order valence-corrected chi connectivity index (χ2v) is 8.24. The molecule has 2 N–H and O–H groups in total. The normalized spacial score (nSPS) is 18.2. The molecule has 0 aliphatic carbocycles. The molecule has 0 bridgehead atoms. The largest absolute Gasteiger partial charge is 0.481 e. The first kappa shape index (κ1) is 25.1. The summed E-state index contributed by atoms with van der Waals surface area (Å²) in [5.74, 6) is -1.45. The van der Waals surface area contributed by atoms with E-state index < -0.39 is 11.9 Å². The van der Waals surface area contributed by atoms with Crippen LogP contribution in [0.4, 0.5) is 5.82 Å². The zero-order valence-electron chi connectivity index (χ0n) is 19.2. The van der Waals surface area contributed by atoms with Crippen LogP contribution in [0.5, 0.6) is 5.88 Å². The first-order chi connectivity index (χ1) is 16.4. The second kappa shape index (κ2) is 12.1. The van der Waals surface area contributed by atoms with Crippen LogP contribution >= 0.6 is 0 Å². The van der Waals surface area contributed by atoms with Crippen LogP contribution in [0.2, 0.25) is 0 Å². The number of anilines is 1. The van der Waals surface area contributed by atoms with Crippen LogP contribution < -0.4 is 9.64 Å². The number of pyridine rings is 2. The lowest BCUT2D eigenvalue weighted by molar-refractivity contribution is -0.159. The number of amides is 1. The molecule has 34 heavy (non-hydrogen) atoms. The fraction of sp³-hybridized carbons (Fsp3) is 0.458. The molecule has 4 heterocycles. The zero-order chi connectivity index (χ0) is 24.5. The molecular weight excluding hydrogens is 440 g/mol. The smallest absolute Gasteiger partial charge is 0.414 e. The first-order valence-electron chi connectivity index (χ1n) is 11.3. The highest BCUT2D eigenvalue weighted by Crippen LogP contribution is 2.28. The molecule has 2 aromatic heterocycles. The highest BCUT2D eigenvalue weighted by Gasteiger charge is 2.26. The number of methoxy groups -OCH3 is 1. The van der Waals surface area contributed by atoms with E-state index in [0.29, 0.717) is 18.2 Å². The van der Waals surface area contributed by atoms with E-state index in [9.17, 15) is 4.79 Å². The Hall–Kier alpha value is -3.53. The van der Waals surface area contributed by atoms with Crippen LogP contribution in [0.15, 0.2) is 36.5 Å². The van der Waals surface area contributed by atoms with Gasteiger partial charge in [-0.3, -0.25) is 9.69 Å². The number of likely N-dealkylation sites (tertiary alicyclic amines) is 1. The predicted molar refractivity (Wildman–Crippen MR) is 124 cm³/mol. The van der Waals surface area contributed by atoms with Crippen molar-refractivity contribution in [2.45, 2.75) is 38.0 Å². The minimum absolute atomic E-state index is 0.205. The van der Waals surface area contributed by atoms with Gasteiger partial charge in [0.1, 0.15) is 5.82 Å². The zero-order valence-corrected chi connectivity index (χ0v) is 19.2. The van der Waals surface area contributed by atoms with Crippen molar-refractivity contribution < 1.29 is 29.3 Å². The number of hydrogen-bond acceptors (Lipinski definition) is 7. The number of hydrogen-bond donors (Lipinski definition) is 2. The van der Waals surface area contributed by atoms with E-state index in [1.807, 2.05) is 23.1 Å². The van der Waals surface area contributed by atoms with Gasteiger partial charge in [-0.05, 0) is 49.9 Å². The Morgan fingerprint density at radius 3 is 2.62 bits per heavy atom. The summed E-state index contributed by atoms with van der Waals surface area (Å²) in [5, 5.41) is 14.8. The van der Waals surface area contributed by atoms with E-state index in [1.54, 1.807) is 13.3 Å². The van der Waals surface area contributed by atoms with Gasteiger partial charge >= 0.3 is 11.9 Å². The second-order valence-electron chi connectivity index (χ2n) is 8.24. The molecule has 1 amide bonds. The van der Waals surface area contributed by atoms with E-state index in [-0.39, 0.29) is 5.91 Å². The summed E-state index contributed by atoms with van der Waals surface area (Å²) in [7, 11) is 1.66. The summed E-state index contributed by atoms with van der Waals surface area (Å²) >= 11 is 0. The highest BCUT2D eigenvalue weighted by atomic mass is 16.5. The van der Waals surface area contributed by atoms with Crippen molar-refractivity contribution in [3.8, 4) is 5.88 Å². The van der Waals surface area contributed by atoms with E-state index in [4.69, 9.17) is 24.5 Å². The summed E-state index contributed by atoms with van der Waals surface area (Å²) in [6, 6.07) is 10.1. The molecule has 4 rings (SSSR count). The van der Waals surface area contributed by atoms with Gasteiger partial charge in [-0.2, -0.15) is 0 Å². The average molecular weight is 471 g/mol. The van der Waals surface area contributed by atoms with Crippen LogP contribution in [0.3, 0.4) is 0 Å². The van der Waals surface area contributed by atoms with E-state index in [2.05, 4.69) is 27.0 Å².